The molecule has 0 saturated carbocycles. The van der Waals surface area contributed by atoms with Gasteiger partial charge in [0.25, 0.3) is 5.91 Å². The number of rotatable bonds is 5. The molecule has 152 valence electrons. The number of anilines is 2. The molecule has 1 atom stereocenters. The molecule has 29 heavy (non-hydrogen) atoms. The van der Waals surface area contributed by atoms with Gasteiger partial charge in [0, 0.05) is 30.8 Å². The largest absolute Gasteiger partial charge is 0.486 e. The van der Waals surface area contributed by atoms with Crippen LogP contribution in [0.4, 0.5) is 11.4 Å². The number of hydrogen-bond donors (Lipinski definition) is 3. The highest BCUT2D eigenvalue weighted by atomic mass is 16.6. The smallest absolute Gasteiger partial charge is 0.251 e. The van der Waals surface area contributed by atoms with Gasteiger partial charge in [-0.15, -0.1) is 0 Å². The van der Waals surface area contributed by atoms with Gasteiger partial charge in [0.2, 0.25) is 11.8 Å². The molecule has 2 aromatic carbocycles. The first-order valence-electron chi connectivity index (χ1n) is 9.22. The molecular weight excluding hydrogens is 374 g/mol. The highest BCUT2D eigenvalue weighted by Crippen LogP contribution is 2.32. The first-order chi connectivity index (χ1) is 13.8. The van der Waals surface area contributed by atoms with Crippen molar-refractivity contribution >= 4 is 29.1 Å². The summed E-state index contributed by atoms with van der Waals surface area (Å²) < 4.78 is 11.1. The van der Waals surface area contributed by atoms with Crippen molar-refractivity contribution in [1.82, 2.24) is 5.32 Å². The Hall–Kier alpha value is -3.55. The van der Waals surface area contributed by atoms with Gasteiger partial charge in [-0.05, 0) is 42.8 Å². The minimum Gasteiger partial charge on any atom is -0.486 e. The van der Waals surface area contributed by atoms with Crippen LogP contribution in [0.3, 0.4) is 0 Å². The fourth-order valence-electron chi connectivity index (χ4n) is 3.00. The fraction of sp³-hybridized carbons (Fsp3) is 0.286. The Morgan fingerprint density at radius 3 is 2.03 bits per heavy atom. The summed E-state index contributed by atoms with van der Waals surface area (Å²) in [6.07, 6.45) is 0. The van der Waals surface area contributed by atoms with Gasteiger partial charge in [0.15, 0.2) is 11.5 Å². The molecule has 0 fully saturated rings. The fourth-order valence-corrected chi connectivity index (χ4v) is 3.00. The molecule has 1 aliphatic heterocycles. The van der Waals surface area contributed by atoms with Crippen molar-refractivity contribution in [1.29, 1.82) is 0 Å². The molecule has 3 rings (SSSR count). The second-order valence-electron chi connectivity index (χ2n) is 6.76. The Kier molecular flexibility index (Phi) is 6.01. The SMILES string of the molecule is CC(=O)Nc1cc(NC(C)=O)cc(C(=O)N[C@@H](C)c2ccc3c(c2)OCCO3)c1. The Bertz CT molecular complexity index is 923. The Morgan fingerprint density at radius 1 is 0.862 bits per heavy atom. The minimum atomic E-state index is -0.341. The lowest BCUT2D eigenvalue weighted by molar-refractivity contribution is -0.115. The van der Waals surface area contributed by atoms with Crippen molar-refractivity contribution in [3.63, 3.8) is 0 Å². The molecule has 0 unspecified atom stereocenters. The summed E-state index contributed by atoms with van der Waals surface area (Å²) in [6, 6.07) is 9.93. The normalized spacial score (nSPS) is 13.2. The molecule has 0 aliphatic carbocycles. The Balaban J connectivity index is 1.79. The summed E-state index contributed by atoms with van der Waals surface area (Å²) in [7, 11) is 0. The number of fused-ring (bicyclic) bond motifs is 1. The molecule has 0 radical (unpaired) electrons. The van der Waals surface area contributed by atoms with E-state index in [1.807, 2.05) is 25.1 Å². The van der Waals surface area contributed by atoms with Crippen LogP contribution in [-0.4, -0.2) is 30.9 Å². The van der Waals surface area contributed by atoms with E-state index in [1.165, 1.54) is 13.8 Å². The van der Waals surface area contributed by atoms with Gasteiger partial charge in [0.1, 0.15) is 13.2 Å². The van der Waals surface area contributed by atoms with Crippen molar-refractivity contribution in [2.24, 2.45) is 0 Å². The second-order valence-corrected chi connectivity index (χ2v) is 6.76. The van der Waals surface area contributed by atoms with Crippen molar-refractivity contribution in [2.45, 2.75) is 26.8 Å². The predicted molar refractivity (Wildman–Crippen MR) is 108 cm³/mol. The van der Waals surface area contributed by atoms with Crippen LogP contribution >= 0.6 is 0 Å². The maximum absolute atomic E-state index is 12.8. The number of ether oxygens (including phenoxy) is 2. The maximum atomic E-state index is 12.8. The minimum absolute atomic E-state index is 0.277. The van der Waals surface area contributed by atoms with Crippen LogP contribution in [0, 0.1) is 0 Å². The monoisotopic (exact) mass is 397 g/mol. The van der Waals surface area contributed by atoms with Crippen LogP contribution in [0.2, 0.25) is 0 Å². The van der Waals surface area contributed by atoms with Crippen molar-refractivity contribution in [3.05, 3.63) is 47.5 Å². The topological polar surface area (TPSA) is 106 Å². The van der Waals surface area contributed by atoms with E-state index >= 15 is 0 Å². The number of carbonyl (C=O) groups excluding carboxylic acids is 3. The van der Waals surface area contributed by atoms with E-state index in [0.29, 0.717) is 41.7 Å². The Morgan fingerprint density at radius 2 is 1.45 bits per heavy atom. The molecule has 3 N–H and O–H groups in total. The van der Waals surface area contributed by atoms with Crippen LogP contribution < -0.4 is 25.4 Å². The predicted octanol–water partition coefficient (Wildman–Crippen LogP) is 2.87. The highest BCUT2D eigenvalue weighted by Gasteiger charge is 2.17. The van der Waals surface area contributed by atoms with E-state index in [4.69, 9.17) is 9.47 Å². The average molecular weight is 397 g/mol. The van der Waals surface area contributed by atoms with Crippen LogP contribution in [-0.2, 0) is 9.59 Å². The zero-order valence-corrected chi connectivity index (χ0v) is 16.5. The van der Waals surface area contributed by atoms with Crippen molar-refractivity contribution in [3.8, 4) is 11.5 Å². The zero-order valence-electron chi connectivity index (χ0n) is 16.5. The van der Waals surface area contributed by atoms with Crippen LogP contribution in [0.1, 0.15) is 42.7 Å². The van der Waals surface area contributed by atoms with Crippen LogP contribution in [0.25, 0.3) is 0 Å². The molecule has 0 saturated heterocycles. The van der Waals surface area contributed by atoms with E-state index < -0.39 is 0 Å². The molecule has 8 heteroatoms. The molecule has 1 aliphatic rings. The lowest BCUT2D eigenvalue weighted by Crippen LogP contribution is -2.27. The van der Waals surface area contributed by atoms with E-state index in [2.05, 4.69) is 16.0 Å². The molecule has 0 bridgehead atoms. The van der Waals surface area contributed by atoms with Gasteiger partial charge in [0.05, 0.1) is 6.04 Å². The first kappa shape index (κ1) is 20.2. The lowest BCUT2D eigenvalue weighted by Gasteiger charge is -2.21. The summed E-state index contributed by atoms with van der Waals surface area (Å²) in [5.74, 6) is 0.435. The average Bonchev–Trinajstić information content (AvgIpc) is 2.66. The number of benzene rings is 2. The van der Waals surface area contributed by atoms with Crippen molar-refractivity contribution < 1.29 is 23.9 Å². The Labute approximate surface area is 168 Å². The number of amides is 3. The number of carbonyl (C=O) groups is 3. The quantitative estimate of drug-likeness (QED) is 0.719. The van der Waals surface area contributed by atoms with E-state index in [1.54, 1.807) is 18.2 Å². The molecule has 1 heterocycles. The summed E-state index contributed by atoms with van der Waals surface area (Å²) >= 11 is 0. The third-order valence-corrected chi connectivity index (χ3v) is 4.25. The molecule has 3 amide bonds. The summed E-state index contributed by atoms with van der Waals surface area (Å²) in [5, 5.41) is 8.18. The molecular formula is C21H23N3O5. The van der Waals surface area contributed by atoms with Gasteiger partial charge in [-0.2, -0.15) is 0 Å². The van der Waals surface area contributed by atoms with Gasteiger partial charge >= 0.3 is 0 Å². The third-order valence-electron chi connectivity index (χ3n) is 4.25. The van der Waals surface area contributed by atoms with E-state index in [0.717, 1.165) is 5.56 Å². The third kappa shape index (κ3) is 5.25. The van der Waals surface area contributed by atoms with E-state index in [-0.39, 0.29) is 23.8 Å². The van der Waals surface area contributed by atoms with Crippen LogP contribution in [0.5, 0.6) is 11.5 Å². The molecule has 0 spiro atoms. The highest BCUT2D eigenvalue weighted by molar-refractivity contribution is 6.00. The van der Waals surface area contributed by atoms with Gasteiger partial charge < -0.3 is 25.4 Å². The number of hydrogen-bond acceptors (Lipinski definition) is 5. The molecule has 0 aromatic heterocycles. The zero-order chi connectivity index (χ0) is 21.0. The second kappa shape index (κ2) is 8.64. The first-order valence-corrected chi connectivity index (χ1v) is 9.22. The van der Waals surface area contributed by atoms with Crippen LogP contribution in [0.15, 0.2) is 36.4 Å². The van der Waals surface area contributed by atoms with E-state index in [9.17, 15) is 14.4 Å². The van der Waals surface area contributed by atoms with Gasteiger partial charge in [-0.1, -0.05) is 6.07 Å². The molecule has 2 aromatic rings. The number of nitrogens with one attached hydrogen (secondary N) is 3. The standard InChI is InChI=1S/C21H23N3O5/c1-12(15-4-5-19-20(10-15)29-7-6-28-19)22-21(27)16-8-17(23-13(2)25)11-18(9-16)24-14(3)26/h4-5,8-12H,6-7H2,1-3H3,(H,22,27)(H,23,25)(H,24,26)/t12-/m0/s1. The van der Waals surface area contributed by atoms with Gasteiger partial charge in [-0.25, -0.2) is 0 Å². The summed E-state index contributed by atoms with van der Waals surface area (Å²) in [5.41, 5.74) is 2.01. The molecule has 8 nitrogen and oxygen atoms in total. The van der Waals surface area contributed by atoms with Gasteiger partial charge in [-0.3, -0.25) is 14.4 Å². The lowest BCUT2D eigenvalue weighted by atomic mass is 10.1. The maximum Gasteiger partial charge on any atom is 0.251 e. The van der Waals surface area contributed by atoms with Crippen molar-refractivity contribution in [2.75, 3.05) is 23.8 Å². The summed E-state index contributed by atoms with van der Waals surface area (Å²) in [6.45, 7) is 5.60. The summed E-state index contributed by atoms with van der Waals surface area (Å²) in [4.78, 5) is 35.6.